The van der Waals surface area contributed by atoms with Gasteiger partial charge in [-0.1, -0.05) is 30.3 Å². The molecule has 3 aromatic carbocycles. The summed E-state index contributed by atoms with van der Waals surface area (Å²) in [4.78, 5) is 14.8. The van der Waals surface area contributed by atoms with Crippen molar-refractivity contribution in [3.63, 3.8) is 0 Å². The maximum Gasteiger partial charge on any atom is 0.251 e. The molecule has 4 nitrogen and oxygen atoms in total. The molecule has 0 radical (unpaired) electrons. The van der Waals surface area contributed by atoms with E-state index in [1.807, 2.05) is 70.4 Å². The molecular weight excluding hydrogens is 348 g/mol. The van der Waals surface area contributed by atoms with Crippen molar-refractivity contribution in [3.8, 4) is 5.75 Å². The Morgan fingerprint density at radius 1 is 1.00 bits per heavy atom. The average Bonchev–Trinajstić information content (AvgIpc) is 2.65. The van der Waals surface area contributed by atoms with Gasteiger partial charge in [-0.15, -0.1) is 0 Å². The molecule has 0 saturated carbocycles. The Kier molecular flexibility index (Phi) is 6.00. The number of rotatable bonds is 6. The first-order chi connectivity index (χ1) is 13.3. The first kappa shape index (κ1) is 19.9. The van der Waals surface area contributed by atoms with E-state index in [-0.39, 0.29) is 11.9 Å². The van der Waals surface area contributed by atoms with Crippen LogP contribution in [0.2, 0.25) is 0 Å². The minimum absolute atomic E-state index is 0.0586. The van der Waals surface area contributed by atoms with Gasteiger partial charge >= 0.3 is 0 Å². The quantitative estimate of drug-likeness (QED) is 0.682. The summed E-state index contributed by atoms with van der Waals surface area (Å²) in [5, 5.41) is 15.1. The van der Waals surface area contributed by atoms with Crippen LogP contribution in [-0.4, -0.2) is 42.6 Å². The second-order valence-corrected chi connectivity index (χ2v) is 7.65. The number of carbonyl (C=O) groups excluding carboxylic acids is 1. The minimum atomic E-state index is -0.0586. The summed E-state index contributed by atoms with van der Waals surface area (Å²) in [5.74, 6) is 0.238. The summed E-state index contributed by atoms with van der Waals surface area (Å²) < 4.78 is 0. The molecule has 0 aliphatic carbocycles. The molecule has 0 aromatic heterocycles. The monoisotopic (exact) mass is 376 g/mol. The molecule has 2 N–H and O–H groups in total. The van der Waals surface area contributed by atoms with Crippen molar-refractivity contribution < 1.29 is 9.90 Å². The second-order valence-electron chi connectivity index (χ2n) is 7.65. The van der Waals surface area contributed by atoms with E-state index in [1.54, 1.807) is 12.1 Å². The standard InChI is InChI=1S/C24H28N2O2/c1-16-11-22(27)12-17(2)23(16)14-21(26(3)4)15-25-24(28)20-10-9-18-7-5-6-8-19(18)13-20/h5-13,21,27H,14-15H2,1-4H3,(H,25,28)/t21-/m0/s1. The first-order valence-corrected chi connectivity index (χ1v) is 9.57. The zero-order valence-electron chi connectivity index (χ0n) is 17.0. The predicted molar refractivity (Wildman–Crippen MR) is 115 cm³/mol. The second kappa shape index (κ2) is 8.44. The molecule has 0 spiro atoms. The largest absolute Gasteiger partial charge is 0.508 e. The molecule has 0 saturated heterocycles. The molecule has 3 rings (SSSR count). The number of likely N-dealkylation sites (N-methyl/N-ethyl adjacent to an activating group) is 1. The number of fused-ring (bicyclic) bond motifs is 1. The Balaban J connectivity index is 1.71. The maximum atomic E-state index is 12.7. The number of amides is 1. The third-order valence-electron chi connectivity index (χ3n) is 5.36. The number of benzene rings is 3. The van der Waals surface area contributed by atoms with Gasteiger partial charge in [-0.3, -0.25) is 4.79 Å². The minimum Gasteiger partial charge on any atom is -0.508 e. The van der Waals surface area contributed by atoms with Gasteiger partial charge in [0, 0.05) is 18.2 Å². The van der Waals surface area contributed by atoms with Crippen LogP contribution in [0.4, 0.5) is 0 Å². The van der Waals surface area contributed by atoms with Crippen LogP contribution in [0.1, 0.15) is 27.0 Å². The molecule has 0 unspecified atom stereocenters. The van der Waals surface area contributed by atoms with Crippen molar-refractivity contribution in [2.45, 2.75) is 26.3 Å². The van der Waals surface area contributed by atoms with Gasteiger partial charge in [0.2, 0.25) is 0 Å². The van der Waals surface area contributed by atoms with Crippen molar-refractivity contribution >= 4 is 16.7 Å². The lowest BCUT2D eigenvalue weighted by Gasteiger charge is -2.26. The van der Waals surface area contributed by atoms with Crippen LogP contribution >= 0.6 is 0 Å². The molecule has 146 valence electrons. The number of hydrogen-bond acceptors (Lipinski definition) is 3. The smallest absolute Gasteiger partial charge is 0.251 e. The van der Waals surface area contributed by atoms with E-state index in [0.29, 0.717) is 17.9 Å². The topological polar surface area (TPSA) is 52.6 Å². The summed E-state index contributed by atoms with van der Waals surface area (Å²) in [5.41, 5.74) is 4.04. The normalized spacial score (nSPS) is 12.3. The van der Waals surface area contributed by atoms with Crippen molar-refractivity contribution in [1.82, 2.24) is 10.2 Å². The molecule has 1 amide bonds. The molecule has 4 heteroatoms. The van der Waals surface area contributed by atoms with Crippen LogP contribution in [0.5, 0.6) is 5.75 Å². The van der Waals surface area contributed by atoms with Crippen LogP contribution < -0.4 is 5.32 Å². The van der Waals surface area contributed by atoms with E-state index in [2.05, 4.69) is 10.2 Å². The van der Waals surface area contributed by atoms with Crippen LogP contribution in [-0.2, 0) is 6.42 Å². The van der Waals surface area contributed by atoms with Crippen molar-refractivity contribution in [3.05, 3.63) is 76.9 Å². The summed E-state index contributed by atoms with van der Waals surface area (Å²) in [6, 6.07) is 17.6. The van der Waals surface area contributed by atoms with E-state index < -0.39 is 0 Å². The lowest BCUT2D eigenvalue weighted by atomic mass is 9.95. The predicted octanol–water partition coefficient (Wildman–Crippen LogP) is 4.06. The number of nitrogens with zero attached hydrogens (tertiary/aromatic N) is 1. The van der Waals surface area contributed by atoms with Crippen molar-refractivity contribution in [2.24, 2.45) is 0 Å². The van der Waals surface area contributed by atoms with Crippen LogP contribution in [0, 0.1) is 13.8 Å². The van der Waals surface area contributed by atoms with Gasteiger partial charge in [0.25, 0.3) is 5.91 Å². The highest BCUT2D eigenvalue weighted by Crippen LogP contribution is 2.23. The molecule has 0 fully saturated rings. The highest BCUT2D eigenvalue weighted by atomic mass is 16.3. The SMILES string of the molecule is Cc1cc(O)cc(C)c1C[C@@H](CNC(=O)c1ccc2ccccc2c1)N(C)C. The summed E-state index contributed by atoms with van der Waals surface area (Å²) in [6.07, 6.45) is 0.808. The first-order valence-electron chi connectivity index (χ1n) is 9.57. The summed E-state index contributed by atoms with van der Waals surface area (Å²) in [6.45, 7) is 4.59. The van der Waals surface area contributed by atoms with E-state index >= 15 is 0 Å². The van der Waals surface area contributed by atoms with E-state index in [9.17, 15) is 9.90 Å². The van der Waals surface area contributed by atoms with Gasteiger partial charge in [0.1, 0.15) is 5.75 Å². The maximum absolute atomic E-state index is 12.7. The van der Waals surface area contributed by atoms with E-state index in [0.717, 1.165) is 28.3 Å². The van der Waals surface area contributed by atoms with Crippen LogP contribution in [0.15, 0.2) is 54.6 Å². The zero-order chi connectivity index (χ0) is 20.3. The van der Waals surface area contributed by atoms with Gasteiger partial charge in [-0.25, -0.2) is 0 Å². The number of phenols is 1. The number of carbonyl (C=O) groups is 1. The number of nitrogens with one attached hydrogen (secondary N) is 1. The van der Waals surface area contributed by atoms with E-state index in [4.69, 9.17) is 0 Å². The highest BCUT2D eigenvalue weighted by Gasteiger charge is 2.17. The Hall–Kier alpha value is -2.85. The molecular formula is C24H28N2O2. The number of phenolic OH excluding ortho intramolecular Hbond substituents is 1. The third kappa shape index (κ3) is 4.52. The number of hydrogen-bond donors (Lipinski definition) is 2. The fraction of sp³-hybridized carbons (Fsp3) is 0.292. The Labute approximate surface area is 166 Å². The molecule has 1 atom stereocenters. The Morgan fingerprint density at radius 3 is 2.29 bits per heavy atom. The lowest BCUT2D eigenvalue weighted by molar-refractivity contribution is 0.0942. The average molecular weight is 377 g/mol. The molecule has 28 heavy (non-hydrogen) atoms. The van der Waals surface area contributed by atoms with Gasteiger partial charge in [0.05, 0.1) is 0 Å². The molecule has 0 aliphatic heterocycles. The highest BCUT2D eigenvalue weighted by molar-refractivity contribution is 5.98. The fourth-order valence-electron chi connectivity index (χ4n) is 3.61. The number of aromatic hydroxyl groups is 1. The summed E-state index contributed by atoms with van der Waals surface area (Å²) in [7, 11) is 4.05. The van der Waals surface area contributed by atoms with Gasteiger partial charge < -0.3 is 15.3 Å². The molecule has 3 aromatic rings. The van der Waals surface area contributed by atoms with Crippen LogP contribution in [0.3, 0.4) is 0 Å². The van der Waals surface area contributed by atoms with Gasteiger partial charge in [0.15, 0.2) is 0 Å². The Bertz CT molecular complexity index is 972. The van der Waals surface area contributed by atoms with Gasteiger partial charge in [-0.05, 0) is 86.1 Å². The third-order valence-corrected chi connectivity index (χ3v) is 5.36. The Morgan fingerprint density at radius 2 is 1.64 bits per heavy atom. The lowest BCUT2D eigenvalue weighted by Crippen LogP contribution is -2.41. The van der Waals surface area contributed by atoms with Crippen LogP contribution in [0.25, 0.3) is 10.8 Å². The molecule has 0 heterocycles. The van der Waals surface area contributed by atoms with E-state index in [1.165, 1.54) is 5.56 Å². The summed E-state index contributed by atoms with van der Waals surface area (Å²) >= 11 is 0. The molecule has 0 bridgehead atoms. The van der Waals surface area contributed by atoms with Crippen molar-refractivity contribution in [1.29, 1.82) is 0 Å². The van der Waals surface area contributed by atoms with Gasteiger partial charge in [-0.2, -0.15) is 0 Å². The zero-order valence-corrected chi connectivity index (χ0v) is 17.0. The molecule has 0 aliphatic rings. The fourth-order valence-corrected chi connectivity index (χ4v) is 3.61. The number of aryl methyl sites for hydroxylation is 2. The van der Waals surface area contributed by atoms with Crippen molar-refractivity contribution in [2.75, 3.05) is 20.6 Å².